The van der Waals surface area contributed by atoms with Gasteiger partial charge in [0.15, 0.2) is 11.5 Å². The van der Waals surface area contributed by atoms with E-state index in [1.165, 1.54) is 25.3 Å². The predicted octanol–water partition coefficient (Wildman–Crippen LogP) is 3.37. The molecule has 20 heavy (non-hydrogen) atoms. The topological polar surface area (TPSA) is 66.0 Å². The SMILES string of the molecule is COc1cc(C#N)ccc1Oc1cc(F)cc(C#N)c1. The largest absolute Gasteiger partial charge is 0.493 e. The Morgan fingerprint density at radius 3 is 2.35 bits per heavy atom. The van der Waals surface area contributed by atoms with Crippen LogP contribution in [0.3, 0.4) is 0 Å². The van der Waals surface area contributed by atoms with Crippen molar-refractivity contribution in [3.05, 3.63) is 53.3 Å². The van der Waals surface area contributed by atoms with Crippen LogP contribution in [0.15, 0.2) is 36.4 Å². The lowest BCUT2D eigenvalue weighted by Crippen LogP contribution is -1.92. The number of nitrogens with zero attached hydrogens (tertiary/aromatic N) is 2. The lowest BCUT2D eigenvalue weighted by molar-refractivity contribution is 0.378. The van der Waals surface area contributed by atoms with E-state index in [0.717, 1.165) is 6.07 Å². The molecular weight excluding hydrogens is 259 g/mol. The summed E-state index contributed by atoms with van der Waals surface area (Å²) in [6.07, 6.45) is 0. The minimum absolute atomic E-state index is 0.160. The van der Waals surface area contributed by atoms with Gasteiger partial charge in [-0.1, -0.05) is 0 Å². The lowest BCUT2D eigenvalue weighted by atomic mass is 10.2. The summed E-state index contributed by atoms with van der Waals surface area (Å²) in [6, 6.07) is 12.1. The molecule has 0 unspecified atom stereocenters. The quantitative estimate of drug-likeness (QED) is 0.855. The molecule has 0 fully saturated rings. The fraction of sp³-hybridized carbons (Fsp3) is 0.0667. The third-order valence-corrected chi connectivity index (χ3v) is 2.52. The number of rotatable bonds is 3. The zero-order valence-corrected chi connectivity index (χ0v) is 10.6. The van der Waals surface area contributed by atoms with Crippen LogP contribution in [0, 0.1) is 28.5 Å². The van der Waals surface area contributed by atoms with Crippen LogP contribution in [-0.2, 0) is 0 Å². The molecule has 0 bridgehead atoms. The minimum atomic E-state index is -0.563. The maximum absolute atomic E-state index is 13.3. The molecule has 0 aliphatic heterocycles. The molecule has 0 spiro atoms. The molecule has 5 heteroatoms. The molecule has 0 aliphatic rings. The van der Waals surface area contributed by atoms with Gasteiger partial charge in [-0.15, -0.1) is 0 Å². The Balaban J connectivity index is 2.38. The highest BCUT2D eigenvalue weighted by Crippen LogP contribution is 2.32. The van der Waals surface area contributed by atoms with Crippen molar-refractivity contribution in [1.82, 2.24) is 0 Å². The number of benzene rings is 2. The molecule has 98 valence electrons. The van der Waals surface area contributed by atoms with Crippen molar-refractivity contribution >= 4 is 0 Å². The minimum Gasteiger partial charge on any atom is -0.493 e. The average molecular weight is 268 g/mol. The Morgan fingerprint density at radius 1 is 0.950 bits per heavy atom. The van der Waals surface area contributed by atoms with Crippen molar-refractivity contribution < 1.29 is 13.9 Å². The summed E-state index contributed by atoms with van der Waals surface area (Å²) < 4.78 is 23.9. The summed E-state index contributed by atoms with van der Waals surface area (Å²) in [5.41, 5.74) is 0.582. The second-order valence-corrected chi connectivity index (χ2v) is 3.87. The van der Waals surface area contributed by atoms with Crippen molar-refractivity contribution in [2.24, 2.45) is 0 Å². The van der Waals surface area contributed by atoms with Crippen LogP contribution < -0.4 is 9.47 Å². The van der Waals surface area contributed by atoms with Gasteiger partial charge in [-0.2, -0.15) is 10.5 Å². The van der Waals surface area contributed by atoms with E-state index in [4.69, 9.17) is 20.0 Å². The Morgan fingerprint density at radius 2 is 1.70 bits per heavy atom. The van der Waals surface area contributed by atoms with Crippen molar-refractivity contribution in [2.75, 3.05) is 7.11 Å². The van der Waals surface area contributed by atoms with Gasteiger partial charge in [-0.05, 0) is 24.3 Å². The Labute approximate surface area is 115 Å². The van der Waals surface area contributed by atoms with Crippen molar-refractivity contribution in [2.45, 2.75) is 0 Å². The molecule has 2 rings (SSSR count). The Hall–Kier alpha value is -3.05. The van der Waals surface area contributed by atoms with Crippen molar-refractivity contribution in [3.8, 4) is 29.4 Å². The van der Waals surface area contributed by atoms with E-state index in [1.54, 1.807) is 12.1 Å². The maximum atomic E-state index is 13.3. The number of nitriles is 2. The Bertz CT molecular complexity index is 730. The van der Waals surface area contributed by atoms with Crippen LogP contribution in [0.1, 0.15) is 11.1 Å². The molecule has 4 nitrogen and oxygen atoms in total. The van der Waals surface area contributed by atoms with Crippen molar-refractivity contribution in [1.29, 1.82) is 10.5 Å². The van der Waals surface area contributed by atoms with E-state index in [1.807, 2.05) is 12.1 Å². The molecule has 0 atom stereocenters. The second-order valence-electron chi connectivity index (χ2n) is 3.87. The third-order valence-electron chi connectivity index (χ3n) is 2.52. The first-order valence-corrected chi connectivity index (χ1v) is 5.63. The molecule has 0 heterocycles. The van der Waals surface area contributed by atoms with E-state index in [9.17, 15) is 4.39 Å². The van der Waals surface area contributed by atoms with Crippen molar-refractivity contribution in [3.63, 3.8) is 0 Å². The van der Waals surface area contributed by atoms with Crippen LogP contribution >= 0.6 is 0 Å². The molecule has 0 saturated carbocycles. The summed E-state index contributed by atoms with van der Waals surface area (Å²) in [5, 5.41) is 17.6. The highest BCUT2D eigenvalue weighted by Gasteiger charge is 2.09. The summed E-state index contributed by atoms with van der Waals surface area (Å²) in [7, 11) is 1.44. The van der Waals surface area contributed by atoms with Gasteiger partial charge in [0.05, 0.1) is 30.4 Å². The molecular formula is C15H9FN2O2. The van der Waals surface area contributed by atoms with Crippen LogP contribution in [0.4, 0.5) is 4.39 Å². The fourth-order valence-corrected chi connectivity index (χ4v) is 1.63. The van der Waals surface area contributed by atoms with E-state index >= 15 is 0 Å². The summed E-state index contributed by atoms with van der Waals surface area (Å²) in [5.74, 6) is 0.309. The molecule has 0 saturated heterocycles. The smallest absolute Gasteiger partial charge is 0.169 e. The highest BCUT2D eigenvalue weighted by atomic mass is 19.1. The number of hydrogen-bond acceptors (Lipinski definition) is 4. The van der Waals surface area contributed by atoms with E-state index in [0.29, 0.717) is 17.1 Å². The van der Waals surface area contributed by atoms with Gasteiger partial charge < -0.3 is 9.47 Å². The van der Waals surface area contributed by atoms with E-state index in [-0.39, 0.29) is 11.3 Å². The van der Waals surface area contributed by atoms with Gasteiger partial charge in [-0.3, -0.25) is 0 Å². The van der Waals surface area contributed by atoms with Crippen LogP contribution in [0.5, 0.6) is 17.2 Å². The Kier molecular flexibility index (Phi) is 3.83. The molecule has 0 aliphatic carbocycles. The average Bonchev–Trinajstić information content (AvgIpc) is 2.47. The summed E-state index contributed by atoms with van der Waals surface area (Å²) in [6.45, 7) is 0. The normalized spacial score (nSPS) is 9.40. The zero-order valence-electron chi connectivity index (χ0n) is 10.6. The lowest BCUT2D eigenvalue weighted by Gasteiger charge is -2.10. The zero-order chi connectivity index (χ0) is 14.5. The van der Waals surface area contributed by atoms with Gasteiger partial charge in [0, 0.05) is 12.1 Å². The van der Waals surface area contributed by atoms with Crippen LogP contribution in [0.25, 0.3) is 0 Å². The fourth-order valence-electron chi connectivity index (χ4n) is 1.63. The maximum Gasteiger partial charge on any atom is 0.169 e. The van der Waals surface area contributed by atoms with E-state index in [2.05, 4.69) is 0 Å². The monoisotopic (exact) mass is 268 g/mol. The van der Waals surface area contributed by atoms with Gasteiger partial charge in [0.1, 0.15) is 11.6 Å². The molecule has 0 amide bonds. The standard InChI is InChI=1S/C15H9FN2O2/c1-19-15-6-10(8-17)2-3-14(15)20-13-5-11(9-18)4-12(16)7-13/h2-7H,1H3. The molecule has 0 radical (unpaired) electrons. The molecule has 2 aromatic carbocycles. The summed E-state index contributed by atoms with van der Waals surface area (Å²) in [4.78, 5) is 0. The first kappa shape index (κ1) is 13.4. The molecule has 0 aromatic heterocycles. The summed E-state index contributed by atoms with van der Waals surface area (Å²) >= 11 is 0. The van der Waals surface area contributed by atoms with Gasteiger partial charge in [-0.25, -0.2) is 4.39 Å². The number of halogens is 1. The first-order chi connectivity index (χ1) is 9.66. The van der Waals surface area contributed by atoms with Crippen LogP contribution in [-0.4, -0.2) is 7.11 Å². The highest BCUT2D eigenvalue weighted by molar-refractivity contribution is 5.49. The van der Waals surface area contributed by atoms with Crippen LogP contribution in [0.2, 0.25) is 0 Å². The van der Waals surface area contributed by atoms with Gasteiger partial charge in [0.25, 0.3) is 0 Å². The number of hydrogen-bond donors (Lipinski definition) is 0. The molecule has 2 aromatic rings. The third kappa shape index (κ3) is 2.85. The van der Waals surface area contributed by atoms with Gasteiger partial charge >= 0.3 is 0 Å². The molecule has 0 N–H and O–H groups in total. The second kappa shape index (κ2) is 5.73. The van der Waals surface area contributed by atoms with Gasteiger partial charge in [0.2, 0.25) is 0 Å². The number of methoxy groups -OCH3 is 1. The first-order valence-electron chi connectivity index (χ1n) is 5.63. The van der Waals surface area contributed by atoms with E-state index < -0.39 is 5.82 Å². The number of ether oxygens (including phenoxy) is 2. The predicted molar refractivity (Wildman–Crippen MR) is 68.9 cm³/mol.